The lowest BCUT2D eigenvalue weighted by Gasteiger charge is -2.07. The number of amides is 1. The third-order valence-corrected chi connectivity index (χ3v) is 5.40. The number of nitrogens with one attached hydrogen (secondary N) is 1. The molecule has 0 bridgehead atoms. The van der Waals surface area contributed by atoms with Crippen molar-refractivity contribution in [1.82, 2.24) is 3.96 Å². The van der Waals surface area contributed by atoms with Crippen LogP contribution in [0.4, 0.5) is 5.69 Å². The van der Waals surface area contributed by atoms with Gasteiger partial charge in [-0.05, 0) is 59.6 Å². The predicted octanol–water partition coefficient (Wildman–Crippen LogP) is 5.02. The number of nitrogens with zero attached hydrogens (tertiary/aromatic N) is 1. The van der Waals surface area contributed by atoms with E-state index in [-0.39, 0.29) is 10.6 Å². The fourth-order valence-electron chi connectivity index (χ4n) is 2.86. The molecule has 6 heteroatoms. The number of fused-ring (bicyclic) bond motifs is 1. The molecule has 0 aliphatic carbocycles. The van der Waals surface area contributed by atoms with Gasteiger partial charge >= 0.3 is 0 Å². The standard InChI is InChI=1S/C21H15ClN2O2S/c22-16-8-6-15(7-9-16)20(25)23-17-10-11-19-18(12-17)21(26)27-24(19)13-14-4-2-1-3-5-14/h1-12H,13H2,(H,23,25). The topological polar surface area (TPSA) is 51.1 Å². The summed E-state index contributed by atoms with van der Waals surface area (Å²) in [5.74, 6) is -0.245. The van der Waals surface area contributed by atoms with Crippen molar-refractivity contribution in [2.75, 3.05) is 5.32 Å². The van der Waals surface area contributed by atoms with Gasteiger partial charge in [-0.1, -0.05) is 41.9 Å². The van der Waals surface area contributed by atoms with Gasteiger partial charge in [0, 0.05) is 16.3 Å². The van der Waals surface area contributed by atoms with Crippen LogP contribution in [0.1, 0.15) is 15.9 Å². The van der Waals surface area contributed by atoms with Crippen LogP contribution < -0.4 is 10.1 Å². The predicted molar refractivity (Wildman–Crippen MR) is 111 cm³/mol. The summed E-state index contributed by atoms with van der Waals surface area (Å²) in [6, 6.07) is 22.1. The van der Waals surface area contributed by atoms with Crippen molar-refractivity contribution in [3.63, 3.8) is 0 Å². The summed E-state index contributed by atoms with van der Waals surface area (Å²) < 4.78 is 1.95. The van der Waals surface area contributed by atoms with Gasteiger partial charge in [-0.3, -0.25) is 13.5 Å². The van der Waals surface area contributed by atoms with E-state index >= 15 is 0 Å². The largest absolute Gasteiger partial charge is 0.322 e. The first kappa shape index (κ1) is 17.5. The number of rotatable bonds is 4. The van der Waals surface area contributed by atoms with Crippen LogP contribution in [0.15, 0.2) is 77.6 Å². The molecule has 1 heterocycles. The molecule has 4 rings (SSSR count). The van der Waals surface area contributed by atoms with Gasteiger partial charge in [-0.2, -0.15) is 0 Å². The highest BCUT2D eigenvalue weighted by atomic mass is 35.5. The molecule has 0 aliphatic rings. The Hall–Kier alpha value is -2.89. The lowest BCUT2D eigenvalue weighted by Crippen LogP contribution is -2.11. The first-order chi connectivity index (χ1) is 13.1. The first-order valence-electron chi connectivity index (χ1n) is 8.35. The van der Waals surface area contributed by atoms with Crippen molar-refractivity contribution in [3.05, 3.63) is 98.5 Å². The number of hydrogen-bond acceptors (Lipinski definition) is 3. The summed E-state index contributed by atoms with van der Waals surface area (Å²) in [6.45, 7) is 0.640. The molecular formula is C21H15ClN2O2S. The molecule has 0 fully saturated rings. The molecule has 1 amide bonds. The van der Waals surface area contributed by atoms with E-state index in [0.717, 1.165) is 11.1 Å². The second-order valence-electron chi connectivity index (χ2n) is 6.09. The summed E-state index contributed by atoms with van der Waals surface area (Å²) >= 11 is 7.03. The van der Waals surface area contributed by atoms with E-state index in [1.165, 1.54) is 11.5 Å². The molecule has 0 spiro atoms. The molecule has 4 nitrogen and oxygen atoms in total. The normalized spacial score (nSPS) is 10.9. The maximum atomic E-state index is 12.4. The molecule has 134 valence electrons. The fraction of sp³-hybridized carbons (Fsp3) is 0.0476. The van der Waals surface area contributed by atoms with Crippen LogP contribution in [-0.4, -0.2) is 9.86 Å². The van der Waals surface area contributed by atoms with Crippen molar-refractivity contribution < 1.29 is 4.79 Å². The number of aromatic nitrogens is 1. The van der Waals surface area contributed by atoms with E-state index in [2.05, 4.69) is 5.32 Å². The fourth-order valence-corrected chi connectivity index (χ4v) is 3.92. The Balaban J connectivity index is 1.61. The van der Waals surface area contributed by atoms with Gasteiger partial charge in [0.15, 0.2) is 0 Å². The molecule has 0 radical (unpaired) electrons. The Morgan fingerprint density at radius 2 is 1.74 bits per heavy atom. The molecule has 1 aromatic heterocycles. The summed E-state index contributed by atoms with van der Waals surface area (Å²) in [6.07, 6.45) is 0. The molecule has 0 aliphatic heterocycles. The molecule has 0 saturated heterocycles. The van der Waals surface area contributed by atoms with Crippen molar-refractivity contribution in [2.24, 2.45) is 0 Å². The third kappa shape index (κ3) is 3.79. The van der Waals surface area contributed by atoms with Crippen LogP contribution >= 0.6 is 23.1 Å². The van der Waals surface area contributed by atoms with Crippen LogP contribution in [0.5, 0.6) is 0 Å². The highest BCUT2D eigenvalue weighted by molar-refractivity contribution is 7.05. The summed E-state index contributed by atoms with van der Waals surface area (Å²) in [4.78, 5) is 24.8. The highest BCUT2D eigenvalue weighted by Gasteiger charge is 2.11. The number of hydrogen-bond donors (Lipinski definition) is 1. The van der Waals surface area contributed by atoms with Crippen LogP contribution in [0.25, 0.3) is 10.9 Å². The van der Waals surface area contributed by atoms with Gasteiger partial charge in [-0.15, -0.1) is 0 Å². The number of carbonyl (C=O) groups is 1. The monoisotopic (exact) mass is 394 g/mol. The van der Waals surface area contributed by atoms with E-state index in [9.17, 15) is 9.59 Å². The maximum absolute atomic E-state index is 12.4. The van der Waals surface area contributed by atoms with Crippen molar-refractivity contribution in [3.8, 4) is 0 Å². The number of halogens is 1. The highest BCUT2D eigenvalue weighted by Crippen LogP contribution is 2.21. The molecule has 3 aromatic carbocycles. The summed E-state index contributed by atoms with van der Waals surface area (Å²) in [7, 11) is 0. The van der Waals surface area contributed by atoms with E-state index in [4.69, 9.17) is 11.6 Å². The Morgan fingerprint density at radius 3 is 2.48 bits per heavy atom. The van der Waals surface area contributed by atoms with Crippen LogP contribution in [0.2, 0.25) is 5.02 Å². The lowest BCUT2D eigenvalue weighted by atomic mass is 10.2. The van der Waals surface area contributed by atoms with E-state index in [0.29, 0.717) is 28.2 Å². The molecule has 1 N–H and O–H groups in total. The molecule has 0 atom stereocenters. The lowest BCUT2D eigenvalue weighted by molar-refractivity contribution is 0.102. The molecule has 0 saturated carbocycles. The smallest absolute Gasteiger partial charge is 0.257 e. The Morgan fingerprint density at radius 1 is 1.00 bits per heavy atom. The van der Waals surface area contributed by atoms with Crippen molar-refractivity contribution >= 4 is 45.6 Å². The Bertz CT molecular complexity index is 1160. The average Bonchev–Trinajstić information content (AvgIpc) is 2.98. The van der Waals surface area contributed by atoms with Gasteiger partial charge in [0.2, 0.25) is 0 Å². The summed E-state index contributed by atoms with van der Waals surface area (Å²) in [5, 5.41) is 4.01. The second-order valence-corrected chi connectivity index (χ2v) is 7.52. The molecule has 0 unspecified atom stereocenters. The van der Waals surface area contributed by atoms with Crippen LogP contribution in [-0.2, 0) is 6.54 Å². The number of carbonyl (C=O) groups excluding carboxylic acids is 1. The quantitative estimate of drug-likeness (QED) is 0.528. The van der Waals surface area contributed by atoms with E-state index < -0.39 is 0 Å². The first-order valence-corrected chi connectivity index (χ1v) is 9.50. The van der Waals surface area contributed by atoms with E-state index in [1.54, 1.807) is 30.3 Å². The second kappa shape index (κ2) is 7.39. The zero-order valence-corrected chi connectivity index (χ0v) is 15.8. The number of anilines is 1. The molecule has 27 heavy (non-hydrogen) atoms. The van der Waals surface area contributed by atoms with Crippen molar-refractivity contribution in [1.29, 1.82) is 0 Å². The number of benzene rings is 3. The maximum Gasteiger partial charge on any atom is 0.257 e. The van der Waals surface area contributed by atoms with Gasteiger partial charge < -0.3 is 5.32 Å². The minimum absolute atomic E-state index is 0.0245. The zero-order chi connectivity index (χ0) is 18.8. The van der Waals surface area contributed by atoms with Crippen LogP contribution in [0.3, 0.4) is 0 Å². The van der Waals surface area contributed by atoms with Gasteiger partial charge in [-0.25, -0.2) is 0 Å². The molecule has 4 aromatic rings. The third-order valence-electron chi connectivity index (χ3n) is 4.21. The van der Waals surface area contributed by atoms with Crippen molar-refractivity contribution in [2.45, 2.75) is 6.54 Å². The average molecular weight is 395 g/mol. The van der Waals surface area contributed by atoms with Gasteiger partial charge in [0.05, 0.1) is 17.4 Å². The van der Waals surface area contributed by atoms with Gasteiger partial charge in [0.1, 0.15) is 0 Å². The van der Waals surface area contributed by atoms with Crippen LogP contribution in [0, 0.1) is 0 Å². The zero-order valence-electron chi connectivity index (χ0n) is 14.2. The molecular weight excluding hydrogens is 380 g/mol. The minimum atomic E-state index is -0.245. The summed E-state index contributed by atoms with van der Waals surface area (Å²) in [5.41, 5.74) is 3.08. The minimum Gasteiger partial charge on any atom is -0.322 e. The Labute approximate surface area is 164 Å². The van der Waals surface area contributed by atoms with Gasteiger partial charge in [0.25, 0.3) is 10.6 Å². The van der Waals surface area contributed by atoms with E-state index in [1.807, 2.05) is 46.4 Å². The Kier molecular flexibility index (Phi) is 4.79. The SMILES string of the molecule is O=C(Nc1ccc2c(c1)c(=O)sn2Cc1ccccc1)c1ccc(Cl)cc1.